The largest absolute Gasteiger partial charge is 0.407 e. The van der Waals surface area contributed by atoms with E-state index < -0.39 is 19.7 Å². The molecule has 1 saturated carbocycles. The molecule has 0 N–H and O–H groups in total. The Labute approximate surface area is 152 Å². The average Bonchev–Trinajstić information content (AvgIpc) is 2.82. The summed E-state index contributed by atoms with van der Waals surface area (Å²) in [6.07, 6.45) is 4.59. The molecule has 0 bridgehead atoms. The van der Waals surface area contributed by atoms with Crippen LogP contribution in [0.15, 0.2) is 12.2 Å². The lowest BCUT2D eigenvalue weighted by Crippen LogP contribution is -2.67. The zero-order chi connectivity index (χ0) is 18.6. The first-order valence-corrected chi connectivity index (χ1v) is 12.7. The van der Waals surface area contributed by atoms with Crippen molar-refractivity contribution in [1.29, 1.82) is 0 Å². The number of fused-ring (bicyclic) bond motifs is 3. The van der Waals surface area contributed by atoms with Crippen molar-refractivity contribution < 1.29 is 23.4 Å². The van der Waals surface area contributed by atoms with Gasteiger partial charge in [-0.2, -0.15) is 0 Å². The van der Waals surface area contributed by atoms with Crippen LogP contribution in [0.5, 0.6) is 0 Å². The highest BCUT2D eigenvalue weighted by Gasteiger charge is 2.64. The first-order chi connectivity index (χ1) is 11.5. The topological polar surface area (TPSA) is 54.0 Å². The maximum Gasteiger partial charge on any atom is 0.184 e. The summed E-state index contributed by atoms with van der Waals surface area (Å²) in [6.45, 7) is 12.4. The van der Waals surface area contributed by atoms with Gasteiger partial charge < -0.3 is 18.6 Å². The predicted molar refractivity (Wildman–Crippen MR) is 97.8 cm³/mol. The molecule has 1 heterocycles. The van der Waals surface area contributed by atoms with Crippen LogP contribution in [-0.2, 0) is 23.4 Å². The van der Waals surface area contributed by atoms with Gasteiger partial charge in [-0.05, 0) is 59.3 Å². The number of hydrogen-bond acceptors (Lipinski definition) is 5. The second kappa shape index (κ2) is 6.27. The number of ketones is 1. The fourth-order valence-corrected chi connectivity index (χ4v) is 6.25. The van der Waals surface area contributed by atoms with Crippen molar-refractivity contribution in [2.24, 2.45) is 11.8 Å². The molecular weight excluding hydrogens is 336 g/mol. The Balaban J connectivity index is 2.09. The second-order valence-electron chi connectivity index (χ2n) is 9.08. The number of allylic oxidation sites excluding steroid dienone is 2. The molecule has 0 aromatic heterocycles. The Kier molecular flexibility index (Phi) is 4.82. The highest BCUT2D eigenvalue weighted by atomic mass is 28.4. The lowest BCUT2D eigenvalue weighted by atomic mass is 9.63. The normalized spacial score (nSPS) is 41.3. The minimum absolute atomic E-state index is 0.0994. The van der Waals surface area contributed by atoms with Gasteiger partial charge in [0.15, 0.2) is 19.9 Å². The van der Waals surface area contributed by atoms with Crippen LogP contribution < -0.4 is 0 Å². The van der Waals surface area contributed by atoms with E-state index in [2.05, 4.69) is 19.6 Å². The van der Waals surface area contributed by atoms with Gasteiger partial charge in [-0.15, -0.1) is 0 Å². The molecule has 1 saturated heterocycles. The van der Waals surface area contributed by atoms with E-state index in [4.69, 9.17) is 18.6 Å². The summed E-state index contributed by atoms with van der Waals surface area (Å²) < 4.78 is 25.2. The number of methoxy groups -OCH3 is 1. The van der Waals surface area contributed by atoms with E-state index in [9.17, 15) is 4.79 Å². The van der Waals surface area contributed by atoms with E-state index in [1.807, 2.05) is 26.8 Å². The SMILES string of the molecule is CO[C@H](C)[C@]1(O[Si](C)(C)C)C[C@H]2C(=O)C=CC[C@@H]2[C@H]2OC(C)(C)O[C@H]21. The number of rotatable bonds is 4. The number of carbonyl (C=O) groups excluding carboxylic acids is 1. The lowest BCUT2D eigenvalue weighted by Gasteiger charge is -2.54. The summed E-state index contributed by atoms with van der Waals surface area (Å²) in [6, 6.07) is 0. The van der Waals surface area contributed by atoms with Gasteiger partial charge in [0.1, 0.15) is 11.7 Å². The predicted octanol–water partition coefficient (Wildman–Crippen LogP) is 3.30. The molecule has 0 spiro atoms. The summed E-state index contributed by atoms with van der Waals surface area (Å²) in [5.41, 5.74) is -0.667. The van der Waals surface area contributed by atoms with E-state index in [0.29, 0.717) is 6.42 Å². The molecule has 0 radical (unpaired) electrons. The lowest BCUT2D eigenvalue weighted by molar-refractivity contribution is -0.199. The molecule has 0 unspecified atom stereocenters. The zero-order valence-corrected chi connectivity index (χ0v) is 17.5. The summed E-state index contributed by atoms with van der Waals surface area (Å²) >= 11 is 0. The van der Waals surface area contributed by atoms with Crippen LogP contribution in [0.4, 0.5) is 0 Å². The average molecular weight is 369 g/mol. The van der Waals surface area contributed by atoms with Crippen LogP contribution >= 0.6 is 0 Å². The molecule has 3 aliphatic rings. The fraction of sp³-hybridized carbons (Fsp3) is 0.842. The highest BCUT2D eigenvalue weighted by Crippen LogP contribution is 2.53. The summed E-state index contributed by atoms with van der Waals surface area (Å²) in [5.74, 6) is -0.463. The molecule has 25 heavy (non-hydrogen) atoms. The molecule has 0 aromatic carbocycles. The van der Waals surface area contributed by atoms with Gasteiger partial charge in [0.2, 0.25) is 0 Å². The van der Waals surface area contributed by atoms with Gasteiger partial charge >= 0.3 is 0 Å². The van der Waals surface area contributed by atoms with Crippen molar-refractivity contribution in [3.63, 3.8) is 0 Å². The van der Waals surface area contributed by atoms with Gasteiger partial charge in [0.25, 0.3) is 0 Å². The van der Waals surface area contributed by atoms with Gasteiger partial charge in [-0.3, -0.25) is 4.79 Å². The Morgan fingerprint density at radius 1 is 1.28 bits per heavy atom. The number of ether oxygens (including phenoxy) is 3. The van der Waals surface area contributed by atoms with Crippen molar-refractivity contribution in [1.82, 2.24) is 0 Å². The maximum atomic E-state index is 12.7. The van der Waals surface area contributed by atoms with Crippen LogP contribution in [0.3, 0.4) is 0 Å². The second-order valence-corrected chi connectivity index (χ2v) is 13.5. The first-order valence-electron chi connectivity index (χ1n) is 9.28. The zero-order valence-electron chi connectivity index (χ0n) is 16.5. The summed E-state index contributed by atoms with van der Waals surface area (Å²) in [4.78, 5) is 12.7. The molecule has 1 aliphatic heterocycles. The third kappa shape index (κ3) is 3.39. The Morgan fingerprint density at radius 3 is 2.56 bits per heavy atom. The number of hydrogen-bond donors (Lipinski definition) is 0. The molecular formula is C19H32O5Si. The smallest absolute Gasteiger partial charge is 0.184 e. The molecule has 2 aliphatic carbocycles. The molecule has 6 atom stereocenters. The van der Waals surface area contributed by atoms with Crippen molar-refractivity contribution in [2.45, 2.75) is 83.0 Å². The Bertz CT molecular complexity index is 567. The quantitative estimate of drug-likeness (QED) is 0.713. The van der Waals surface area contributed by atoms with E-state index in [1.54, 1.807) is 13.2 Å². The van der Waals surface area contributed by atoms with Crippen LogP contribution in [0, 0.1) is 11.8 Å². The third-order valence-electron chi connectivity index (χ3n) is 5.68. The highest BCUT2D eigenvalue weighted by molar-refractivity contribution is 6.69. The van der Waals surface area contributed by atoms with Gasteiger partial charge in [-0.25, -0.2) is 0 Å². The minimum Gasteiger partial charge on any atom is -0.407 e. The Morgan fingerprint density at radius 2 is 1.96 bits per heavy atom. The maximum absolute atomic E-state index is 12.7. The summed E-state index contributed by atoms with van der Waals surface area (Å²) in [7, 11) is -0.227. The van der Waals surface area contributed by atoms with Gasteiger partial charge in [-0.1, -0.05) is 6.08 Å². The Hall–Kier alpha value is -0.533. The third-order valence-corrected chi connectivity index (χ3v) is 6.67. The van der Waals surface area contributed by atoms with Crippen molar-refractivity contribution in [3.8, 4) is 0 Å². The molecule has 6 heteroatoms. The van der Waals surface area contributed by atoms with Crippen molar-refractivity contribution in [3.05, 3.63) is 12.2 Å². The summed E-state index contributed by atoms with van der Waals surface area (Å²) in [5, 5.41) is 0. The van der Waals surface area contributed by atoms with E-state index in [-0.39, 0.29) is 35.9 Å². The van der Waals surface area contributed by atoms with E-state index in [0.717, 1.165) is 6.42 Å². The monoisotopic (exact) mass is 368 g/mol. The molecule has 2 fully saturated rings. The number of carbonyl (C=O) groups is 1. The first kappa shape index (κ1) is 19.2. The minimum atomic E-state index is -1.93. The van der Waals surface area contributed by atoms with Gasteiger partial charge in [0.05, 0.1) is 12.2 Å². The molecule has 3 rings (SSSR count). The van der Waals surface area contributed by atoms with Crippen molar-refractivity contribution in [2.75, 3.05) is 7.11 Å². The molecule has 0 aromatic rings. The fourth-order valence-electron chi connectivity index (χ4n) is 4.74. The van der Waals surface area contributed by atoms with Crippen LogP contribution in [0.1, 0.15) is 33.6 Å². The van der Waals surface area contributed by atoms with Crippen molar-refractivity contribution >= 4 is 14.1 Å². The molecule has 142 valence electrons. The van der Waals surface area contributed by atoms with E-state index in [1.165, 1.54) is 0 Å². The molecule has 5 nitrogen and oxygen atoms in total. The van der Waals surface area contributed by atoms with Crippen LogP contribution in [0.2, 0.25) is 19.6 Å². The van der Waals surface area contributed by atoms with Crippen LogP contribution in [0.25, 0.3) is 0 Å². The van der Waals surface area contributed by atoms with Crippen LogP contribution in [-0.4, -0.2) is 50.9 Å². The molecule has 0 amide bonds. The van der Waals surface area contributed by atoms with Gasteiger partial charge in [0, 0.05) is 18.9 Å². The van der Waals surface area contributed by atoms with E-state index >= 15 is 0 Å². The standard InChI is InChI=1S/C19H32O5Si/c1-12(21-4)19(24-25(5,6)7)11-14-13(9-8-10-15(14)20)16-17(19)23-18(2,3)22-16/h8,10,12-14,16-17H,9,11H2,1-7H3/t12-,13+,14-,16-,17-,19-/m1/s1.